The molecule has 1 aliphatic carbocycles. The van der Waals surface area contributed by atoms with Crippen molar-refractivity contribution in [1.29, 1.82) is 0 Å². The number of nitrogen functional groups attached to an aromatic ring is 1. The Hall–Kier alpha value is -10.7. The molecule has 5 fully saturated rings. The lowest BCUT2D eigenvalue weighted by Gasteiger charge is -2.42. The van der Waals surface area contributed by atoms with Gasteiger partial charge in [-0.1, -0.05) is 82.4 Å². The number of H-pyrrole nitrogens is 1. The number of cyclic esters (lactones) is 1. The molecule has 0 spiro atoms. The highest BCUT2D eigenvalue weighted by atomic mass is 16.6. The number of nitrogens with zero attached hydrogens (tertiary/aromatic N) is 16. The highest BCUT2D eigenvalue weighted by Crippen LogP contribution is 2.40. The number of ether oxygens (including phenoxy) is 7. The first kappa shape index (κ1) is 95.9. The van der Waals surface area contributed by atoms with Crippen LogP contribution in [0, 0.1) is 29.6 Å². The van der Waals surface area contributed by atoms with Crippen LogP contribution in [0.15, 0.2) is 115 Å². The summed E-state index contributed by atoms with van der Waals surface area (Å²) in [6.07, 6.45) is 19.9. The van der Waals surface area contributed by atoms with Crippen LogP contribution >= 0.6 is 0 Å². The van der Waals surface area contributed by atoms with Crippen molar-refractivity contribution in [2.24, 2.45) is 35.3 Å². The average molecular weight is 1820 g/mol. The quantitative estimate of drug-likeness (QED) is 0.0221. The van der Waals surface area contributed by atoms with E-state index in [1.807, 2.05) is 78.3 Å². The Morgan fingerprint density at radius 2 is 1.45 bits per heavy atom. The number of carbonyl (C=O) groups excluding carboxylic acids is 7. The van der Waals surface area contributed by atoms with Crippen LogP contribution in [0.2, 0.25) is 0 Å². The second kappa shape index (κ2) is 43.5. The van der Waals surface area contributed by atoms with Crippen LogP contribution in [0.1, 0.15) is 157 Å². The van der Waals surface area contributed by atoms with Gasteiger partial charge in [-0.15, -0.1) is 0 Å². The van der Waals surface area contributed by atoms with Crippen LogP contribution in [-0.4, -0.2) is 306 Å². The van der Waals surface area contributed by atoms with E-state index in [1.54, 1.807) is 71.5 Å². The lowest BCUT2D eigenvalue weighted by atomic mass is 9.80. The topological polar surface area (TPSA) is 423 Å². The normalized spacial score (nSPS) is 28.0. The number of esters is 1. The van der Waals surface area contributed by atoms with Crippen LogP contribution in [0.3, 0.4) is 0 Å². The number of hydrogen-bond acceptors (Lipinski definition) is 30. The number of aromatic nitrogens is 10. The van der Waals surface area contributed by atoms with Gasteiger partial charge in [-0.05, 0) is 136 Å². The van der Waals surface area contributed by atoms with Gasteiger partial charge < -0.3 is 84.3 Å². The van der Waals surface area contributed by atoms with Crippen molar-refractivity contribution < 1.29 is 76.9 Å². The summed E-state index contributed by atoms with van der Waals surface area (Å²) in [5, 5.41) is 30.5. The first-order chi connectivity index (χ1) is 63.7. The van der Waals surface area contributed by atoms with E-state index in [0.29, 0.717) is 149 Å². The molecule has 6 aromatic heterocycles. The Kier molecular flexibility index (Phi) is 31.6. The maximum atomic E-state index is 14.8. The highest BCUT2D eigenvalue weighted by Gasteiger charge is 2.54. The number of pyridine rings is 1. The minimum absolute atomic E-state index is 0.0127. The molecule has 15 atom stereocenters. The number of anilines is 3. The van der Waals surface area contributed by atoms with Crippen molar-refractivity contribution in [2.75, 3.05) is 135 Å². The second-order valence-electron chi connectivity index (χ2n) is 37.2. The molecule has 7 aromatic rings. The summed E-state index contributed by atoms with van der Waals surface area (Å²) < 4.78 is 44.5. The number of aliphatic hydroxyl groups excluding tert-OH is 1. The number of benzene rings is 1. The summed E-state index contributed by atoms with van der Waals surface area (Å²) in [5.41, 5.74) is 23.2. The number of carbonyl (C=O) groups is 7. The second-order valence-corrected chi connectivity index (χ2v) is 37.2. The maximum absolute atomic E-state index is 14.8. The SMILES string of the molecule is CO[C@H]1C[C@@H]2CC[C@@H](C)[C@@](O)(O2)C(=O)C(=O)N2CCCC[C@H]2C(=O)O[C@H]([C@H](N)C[C@@H]2CC[C@@H](OC(=O)N3CCc4nc(N5CCN(CCOCCN6CCN(c7ncc(C(=O)N8CCc9cc(Cn%10nc(-c%11cnc%12[nH]ccc%12c%11)c%11c(N)ncnc%11%10)ccc9C8)cn7)CC6)CC5)ncc4C3)[C@H](OC)C2)CC(=O)[C@H](C)/C=C(\C)[C@@H](O)[C@@H](OC)C(=O)[C@H](C)C[C@H](C)/C=C/C=CC=C1C. The van der Waals surface area contributed by atoms with Gasteiger partial charge in [-0.2, -0.15) is 5.10 Å². The van der Waals surface area contributed by atoms with Crippen molar-refractivity contribution in [2.45, 2.75) is 212 Å². The first-order valence-electron chi connectivity index (χ1n) is 46.9. The van der Waals surface area contributed by atoms with E-state index in [2.05, 4.69) is 67.7 Å². The molecule has 132 heavy (non-hydrogen) atoms. The van der Waals surface area contributed by atoms with Crippen LogP contribution in [0.5, 0.6) is 0 Å². The molecule has 0 radical (unpaired) electrons. The number of ketones is 3. The predicted molar refractivity (Wildman–Crippen MR) is 493 cm³/mol. The molecule has 1 aromatic carbocycles. The number of piperidine rings is 1. The van der Waals surface area contributed by atoms with Crippen LogP contribution in [0.4, 0.5) is 22.5 Å². The number of nitrogens with one attached hydrogen (secondary N) is 1. The molecule has 0 unspecified atom stereocenters. The highest BCUT2D eigenvalue weighted by molar-refractivity contribution is 6.39. The molecule has 3 amide bonds. The number of rotatable bonds is 19. The number of amides is 3. The molecular formula is C97H129N19O16. The average Bonchev–Trinajstić information content (AvgIpc) is 1.73. The number of nitrogens with two attached hydrogens (primary N) is 2. The van der Waals surface area contributed by atoms with E-state index in [-0.39, 0.29) is 68.1 Å². The standard InChI is InChI=1S/C97H129N19O16/c1-59-15-11-10-12-16-60(2)79(126-7)49-73-22-18-64(6)97(125,132-73)87(120)92(122)115-28-14-13-17-76(115)93(123)130-80(50-77(117)61(3)44-63(5)85(119)86(128-9)84(118)62(4)43-59)74(98)46-65-20-23-78(81(47-65)127-8)131-96(124)114-30-26-75-72(57-114)54-104-95(107-75)112-37-33-110(34-38-112)40-42-129-41-39-109-31-35-111(36-32-109)94-102-52-71(53-103-94)91(121)113-29-25-67-45-66(19-21-69(67)56-113)55-116-90-82(88(99)105-58-106-90)83(108-116)70-48-68-24-27-100-89(68)101-51-70/h10-12,15-16,19,21,24,27,44-45,48,51-54,58-59,61-62,64-65,73-74,76,78-81,85-86,119,125H,13-14,17-18,20,22-23,25-26,28-43,46-47,49-50,55-57,98H2,1-9H3,(H,100,101)(H2,99,105,106)/b12-10?,15-11+,60-16?,63-44+/t59-,61-,62-,64-,65+,73+,74-,76+,78-,79+,80+,81-,85-,86+,97-/m1/s1. The number of Topliss-reactive ketones (excluding diaryl/α,β-unsaturated/α-hetero) is 3. The fraction of sp³-hybridized carbons (Fsp3) is 0.577. The zero-order valence-electron chi connectivity index (χ0n) is 77.4. The molecular weight excluding hydrogens is 1690 g/mol. The monoisotopic (exact) mass is 1820 g/mol. The minimum atomic E-state index is -2.50. The van der Waals surface area contributed by atoms with Crippen LogP contribution in [0.25, 0.3) is 33.3 Å². The van der Waals surface area contributed by atoms with Gasteiger partial charge in [0.2, 0.25) is 17.7 Å². The molecule has 15 rings (SSSR count). The number of hydrogen-bond donors (Lipinski definition) is 5. The van der Waals surface area contributed by atoms with Gasteiger partial charge in [-0.25, -0.2) is 49.2 Å². The molecule has 13 heterocycles. The van der Waals surface area contributed by atoms with E-state index in [1.165, 1.54) is 19.0 Å². The number of fused-ring (bicyclic) bond motifs is 7. The number of methoxy groups -OCH3 is 3. The molecule has 35 nitrogen and oxygen atoms in total. The maximum Gasteiger partial charge on any atom is 0.410 e. The van der Waals surface area contributed by atoms with Crippen molar-refractivity contribution in [3.05, 3.63) is 149 Å². The summed E-state index contributed by atoms with van der Waals surface area (Å²) in [5.74, 6) is -7.11. The summed E-state index contributed by atoms with van der Waals surface area (Å²) >= 11 is 0. The summed E-state index contributed by atoms with van der Waals surface area (Å²) in [6, 6.07) is 8.15. The predicted octanol–water partition coefficient (Wildman–Crippen LogP) is 8.13. The summed E-state index contributed by atoms with van der Waals surface area (Å²) in [4.78, 5) is 150. The van der Waals surface area contributed by atoms with Gasteiger partial charge in [0, 0.05) is 204 Å². The first-order valence-corrected chi connectivity index (χ1v) is 46.9. The van der Waals surface area contributed by atoms with Gasteiger partial charge in [-0.3, -0.25) is 33.8 Å². The molecule has 1 saturated carbocycles. The molecule has 4 saturated heterocycles. The Balaban J connectivity index is 0.487. The molecule has 8 aliphatic rings. The van der Waals surface area contributed by atoms with Crippen molar-refractivity contribution in [3.63, 3.8) is 0 Å². The Labute approximate surface area is 770 Å². The molecule has 7 N–H and O–H groups in total. The number of piperazine rings is 2. The van der Waals surface area contributed by atoms with Crippen LogP contribution < -0.4 is 21.3 Å². The van der Waals surface area contributed by atoms with Crippen LogP contribution in [-0.2, 0) is 89.6 Å². The van der Waals surface area contributed by atoms with E-state index >= 15 is 0 Å². The fourth-order valence-corrected chi connectivity index (χ4v) is 19.9. The lowest BCUT2D eigenvalue weighted by Crippen LogP contribution is -2.61. The van der Waals surface area contributed by atoms with Gasteiger partial charge in [0.15, 0.2) is 11.4 Å². The Morgan fingerprint density at radius 1 is 0.712 bits per heavy atom. The smallest absolute Gasteiger partial charge is 0.410 e. The lowest BCUT2D eigenvalue weighted by molar-refractivity contribution is -0.265. The molecule has 35 heteroatoms. The Morgan fingerprint density at radius 3 is 2.19 bits per heavy atom. The third-order valence-corrected chi connectivity index (χ3v) is 28.1. The summed E-state index contributed by atoms with van der Waals surface area (Å²) in [7, 11) is 4.50. The third-order valence-electron chi connectivity index (χ3n) is 28.1. The molecule has 7 aliphatic heterocycles. The Bertz CT molecular complexity index is 5380. The third kappa shape index (κ3) is 22.5. The molecule has 2 bridgehead atoms. The number of allylic oxidation sites excluding steroid dienone is 6. The largest absolute Gasteiger partial charge is 0.459 e. The van der Waals surface area contributed by atoms with Gasteiger partial charge >= 0.3 is 12.1 Å². The van der Waals surface area contributed by atoms with E-state index in [9.17, 15) is 43.8 Å². The van der Waals surface area contributed by atoms with E-state index in [4.69, 9.17) is 59.7 Å². The number of aromatic amines is 1. The van der Waals surface area contributed by atoms with Gasteiger partial charge in [0.1, 0.15) is 59.7 Å². The van der Waals surface area contributed by atoms with Crippen molar-refractivity contribution in [1.82, 2.24) is 74.2 Å². The summed E-state index contributed by atoms with van der Waals surface area (Å²) in [6.45, 7) is 22.0. The van der Waals surface area contributed by atoms with Crippen molar-refractivity contribution >= 4 is 81.0 Å². The zero-order valence-corrected chi connectivity index (χ0v) is 77.4. The number of aliphatic hydroxyl groups is 2. The van der Waals surface area contributed by atoms with E-state index in [0.717, 1.165) is 115 Å². The zero-order chi connectivity index (χ0) is 93.0. The van der Waals surface area contributed by atoms with Crippen molar-refractivity contribution in [3.8, 4) is 11.3 Å². The minimum Gasteiger partial charge on any atom is -0.459 e. The fourth-order valence-electron chi connectivity index (χ4n) is 19.9. The van der Waals surface area contributed by atoms with Gasteiger partial charge in [0.05, 0.1) is 61.3 Å². The molecule has 708 valence electrons. The van der Waals surface area contributed by atoms with E-state index < -0.39 is 102 Å². The van der Waals surface area contributed by atoms with Gasteiger partial charge in [0.25, 0.3) is 17.6 Å².